The van der Waals surface area contributed by atoms with Gasteiger partial charge in [0.1, 0.15) is 0 Å². The van der Waals surface area contributed by atoms with Crippen LogP contribution in [0.25, 0.3) is 0 Å². The van der Waals surface area contributed by atoms with Gasteiger partial charge in [-0.15, -0.1) is 0 Å². The van der Waals surface area contributed by atoms with E-state index in [0.717, 1.165) is 38.7 Å². The number of hydrogen-bond acceptors (Lipinski definition) is 3. The van der Waals surface area contributed by atoms with E-state index in [1.54, 1.807) is 0 Å². The van der Waals surface area contributed by atoms with Crippen molar-refractivity contribution in [2.45, 2.75) is 19.5 Å². The van der Waals surface area contributed by atoms with Crippen LogP contribution in [-0.4, -0.2) is 81.3 Å². The van der Waals surface area contributed by atoms with E-state index < -0.39 is 12.7 Å². The maximum atomic E-state index is 12.4. The predicted molar refractivity (Wildman–Crippen MR) is 104 cm³/mol. The first-order valence-electron chi connectivity index (χ1n) is 9.47. The Kier molecular flexibility index (Phi) is 8.22. The van der Waals surface area contributed by atoms with E-state index in [2.05, 4.69) is 32.2 Å². The second-order valence-electron chi connectivity index (χ2n) is 6.75. The molecule has 0 unspecified atom stereocenters. The van der Waals surface area contributed by atoms with E-state index in [0.29, 0.717) is 19.5 Å². The van der Waals surface area contributed by atoms with Crippen molar-refractivity contribution in [2.24, 2.45) is 4.99 Å². The highest BCUT2D eigenvalue weighted by Crippen LogP contribution is 2.16. The number of benzene rings is 1. The summed E-state index contributed by atoms with van der Waals surface area (Å²) in [7, 11) is 1.49. The van der Waals surface area contributed by atoms with Gasteiger partial charge in [-0.1, -0.05) is 18.2 Å². The lowest BCUT2D eigenvalue weighted by molar-refractivity contribution is -0.143. The fourth-order valence-electron chi connectivity index (χ4n) is 3.15. The highest BCUT2D eigenvalue weighted by Gasteiger charge is 2.28. The van der Waals surface area contributed by atoms with Crippen molar-refractivity contribution in [1.82, 2.24) is 15.1 Å². The molecule has 1 N–H and O–H groups in total. The molecule has 0 amide bonds. The number of nitrogens with zero attached hydrogens (tertiary/aromatic N) is 4. The van der Waals surface area contributed by atoms with Crippen molar-refractivity contribution in [2.75, 3.05) is 64.3 Å². The first-order valence-corrected chi connectivity index (χ1v) is 9.47. The number of rotatable bonds is 7. The Hall–Kier alpha value is -1.96. The number of anilines is 1. The summed E-state index contributed by atoms with van der Waals surface area (Å²) in [5.74, 6) is 0.851. The number of halogens is 3. The predicted octanol–water partition coefficient (Wildman–Crippen LogP) is 2.66. The molecule has 0 atom stereocenters. The van der Waals surface area contributed by atoms with Crippen LogP contribution in [0.4, 0.5) is 18.9 Å². The second-order valence-corrected chi connectivity index (χ2v) is 6.75. The Bertz CT molecular complexity index is 568. The smallest absolute Gasteiger partial charge is 0.368 e. The maximum absolute atomic E-state index is 12.4. The minimum Gasteiger partial charge on any atom is -0.368 e. The number of para-hydroxylation sites is 1. The molecule has 0 spiro atoms. The topological polar surface area (TPSA) is 34.1 Å². The lowest BCUT2D eigenvalue weighted by Gasteiger charge is -2.37. The molecule has 1 aliphatic heterocycles. The summed E-state index contributed by atoms with van der Waals surface area (Å²) in [5.41, 5.74) is 1.23. The molecular weight excluding hydrogens is 355 g/mol. The Morgan fingerprint density at radius 2 is 1.81 bits per heavy atom. The third kappa shape index (κ3) is 7.66. The molecule has 1 fully saturated rings. The standard InChI is InChI=1S/C19H30F3N5/c1-3-23-18(24-10-7-11-25(2)16-19(20,21)22)27-14-12-26(13-15-27)17-8-5-4-6-9-17/h4-6,8-9H,3,7,10-16H2,1-2H3,(H,23,24). The third-order valence-corrected chi connectivity index (χ3v) is 4.44. The second kappa shape index (κ2) is 10.4. The van der Waals surface area contributed by atoms with Crippen LogP contribution in [0.1, 0.15) is 13.3 Å². The van der Waals surface area contributed by atoms with E-state index in [1.807, 2.05) is 25.1 Å². The Balaban J connectivity index is 1.80. The van der Waals surface area contributed by atoms with Gasteiger partial charge in [0, 0.05) is 45.0 Å². The van der Waals surface area contributed by atoms with Crippen molar-refractivity contribution in [3.8, 4) is 0 Å². The molecule has 1 aromatic carbocycles. The van der Waals surface area contributed by atoms with Gasteiger partial charge in [0.25, 0.3) is 0 Å². The number of nitrogens with one attached hydrogen (secondary N) is 1. The fraction of sp³-hybridized carbons (Fsp3) is 0.632. The zero-order valence-electron chi connectivity index (χ0n) is 16.2. The largest absolute Gasteiger partial charge is 0.401 e. The number of guanidine groups is 1. The number of hydrogen-bond donors (Lipinski definition) is 1. The molecule has 2 rings (SSSR count). The van der Waals surface area contributed by atoms with Gasteiger partial charge >= 0.3 is 6.18 Å². The minimum atomic E-state index is -4.15. The lowest BCUT2D eigenvalue weighted by Crippen LogP contribution is -2.52. The zero-order valence-corrected chi connectivity index (χ0v) is 16.2. The average molecular weight is 385 g/mol. The highest BCUT2D eigenvalue weighted by molar-refractivity contribution is 5.80. The van der Waals surface area contributed by atoms with Gasteiger partial charge in [0.15, 0.2) is 5.96 Å². The molecule has 1 heterocycles. The number of aliphatic imine (C=N–C) groups is 1. The zero-order chi connectivity index (χ0) is 19.7. The monoisotopic (exact) mass is 385 g/mol. The molecule has 8 heteroatoms. The summed E-state index contributed by atoms with van der Waals surface area (Å²) in [6.45, 7) is 6.39. The van der Waals surface area contributed by atoms with E-state index in [9.17, 15) is 13.2 Å². The van der Waals surface area contributed by atoms with Crippen molar-refractivity contribution in [1.29, 1.82) is 0 Å². The summed E-state index contributed by atoms with van der Waals surface area (Å²) in [5, 5.41) is 3.30. The molecule has 0 radical (unpaired) electrons. The first-order chi connectivity index (χ1) is 12.9. The normalized spacial score (nSPS) is 16.1. The molecule has 1 aromatic rings. The van der Waals surface area contributed by atoms with E-state index in [1.165, 1.54) is 17.6 Å². The van der Waals surface area contributed by atoms with Crippen molar-refractivity contribution in [3.63, 3.8) is 0 Å². The van der Waals surface area contributed by atoms with Crippen LogP contribution in [0.3, 0.4) is 0 Å². The average Bonchev–Trinajstić information content (AvgIpc) is 2.64. The molecule has 0 bridgehead atoms. The van der Waals surface area contributed by atoms with Crippen LogP contribution in [0.15, 0.2) is 35.3 Å². The maximum Gasteiger partial charge on any atom is 0.401 e. The molecule has 27 heavy (non-hydrogen) atoms. The van der Waals surface area contributed by atoms with Gasteiger partial charge in [-0.25, -0.2) is 0 Å². The van der Waals surface area contributed by atoms with E-state index >= 15 is 0 Å². The summed E-state index contributed by atoms with van der Waals surface area (Å²) in [4.78, 5) is 10.5. The first kappa shape index (κ1) is 21.3. The molecule has 0 aliphatic carbocycles. The number of alkyl halides is 3. The SMILES string of the molecule is CCNC(=NCCCN(C)CC(F)(F)F)N1CCN(c2ccccc2)CC1. The molecule has 0 aromatic heterocycles. The third-order valence-electron chi connectivity index (χ3n) is 4.44. The molecule has 152 valence electrons. The van der Waals surface area contributed by atoms with Gasteiger partial charge in [-0.3, -0.25) is 9.89 Å². The van der Waals surface area contributed by atoms with Gasteiger partial charge in [-0.05, 0) is 39.1 Å². The molecular formula is C19H30F3N5. The fourth-order valence-corrected chi connectivity index (χ4v) is 3.15. The van der Waals surface area contributed by atoms with Crippen molar-refractivity contribution < 1.29 is 13.2 Å². The minimum absolute atomic E-state index is 0.379. The summed E-state index contributed by atoms with van der Waals surface area (Å²) in [6, 6.07) is 10.3. The molecule has 1 saturated heterocycles. The van der Waals surface area contributed by atoms with Crippen LogP contribution < -0.4 is 10.2 Å². The van der Waals surface area contributed by atoms with Crippen LogP contribution in [0, 0.1) is 0 Å². The van der Waals surface area contributed by atoms with Gasteiger partial charge in [0.2, 0.25) is 0 Å². The van der Waals surface area contributed by atoms with Crippen LogP contribution in [0.2, 0.25) is 0 Å². The van der Waals surface area contributed by atoms with Crippen molar-refractivity contribution >= 4 is 11.6 Å². The molecule has 0 saturated carbocycles. The summed E-state index contributed by atoms with van der Waals surface area (Å²) in [6.07, 6.45) is -3.54. The molecule has 1 aliphatic rings. The van der Waals surface area contributed by atoms with Gasteiger partial charge in [0.05, 0.1) is 6.54 Å². The highest BCUT2D eigenvalue weighted by atomic mass is 19.4. The molecule has 5 nitrogen and oxygen atoms in total. The van der Waals surface area contributed by atoms with Gasteiger partial charge < -0.3 is 15.1 Å². The summed E-state index contributed by atoms with van der Waals surface area (Å²) >= 11 is 0. The van der Waals surface area contributed by atoms with E-state index in [4.69, 9.17) is 0 Å². The van der Waals surface area contributed by atoms with E-state index in [-0.39, 0.29) is 0 Å². The van der Waals surface area contributed by atoms with Crippen LogP contribution >= 0.6 is 0 Å². The summed E-state index contributed by atoms with van der Waals surface area (Å²) < 4.78 is 37.1. The Morgan fingerprint density at radius 1 is 1.15 bits per heavy atom. The van der Waals surface area contributed by atoms with Gasteiger partial charge in [-0.2, -0.15) is 13.2 Å². The Labute approximate surface area is 159 Å². The number of piperazine rings is 1. The quantitative estimate of drug-likeness (QED) is 0.445. The van der Waals surface area contributed by atoms with Crippen LogP contribution in [-0.2, 0) is 0 Å². The van der Waals surface area contributed by atoms with Crippen molar-refractivity contribution in [3.05, 3.63) is 30.3 Å². The Morgan fingerprint density at radius 3 is 2.41 bits per heavy atom. The van der Waals surface area contributed by atoms with Crippen LogP contribution in [0.5, 0.6) is 0 Å². The lowest BCUT2D eigenvalue weighted by atomic mass is 10.2.